The Morgan fingerprint density at radius 2 is 2.00 bits per heavy atom. The number of hydrogen-bond acceptors (Lipinski definition) is 3. The summed E-state index contributed by atoms with van der Waals surface area (Å²) in [4.78, 5) is 14.5. The van der Waals surface area contributed by atoms with Crippen molar-refractivity contribution in [3.63, 3.8) is 0 Å². The summed E-state index contributed by atoms with van der Waals surface area (Å²) in [6.07, 6.45) is 5.53. The first-order chi connectivity index (χ1) is 9.25. The first-order valence-corrected chi connectivity index (χ1v) is 5.90. The van der Waals surface area contributed by atoms with Gasteiger partial charge in [0.15, 0.2) is 0 Å². The Labute approximate surface area is 111 Å². The van der Waals surface area contributed by atoms with Crippen molar-refractivity contribution < 1.29 is 9.90 Å². The Morgan fingerprint density at radius 1 is 1.21 bits per heavy atom. The molecule has 1 aromatic heterocycles. The molecule has 0 spiro atoms. The Kier molecular flexibility index (Phi) is 4.29. The molecule has 96 valence electrons. The average Bonchev–Trinajstić information content (AvgIpc) is 2.45. The van der Waals surface area contributed by atoms with Crippen molar-refractivity contribution in [2.24, 2.45) is 0 Å². The molecule has 0 aliphatic carbocycles. The van der Waals surface area contributed by atoms with Crippen LogP contribution in [0.15, 0.2) is 54.7 Å². The molecule has 1 aromatic carbocycles. The highest BCUT2D eigenvalue weighted by Gasteiger charge is 2.02. The number of aromatic carboxylic acids is 1. The molecule has 1 heterocycles. The summed E-state index contributed by atoms with van der Waals surface area (Å²) in [7, 11) is 0. The van der Waals surface area contributed by atoms with Crippen LogP contribution in [0.3, 0.4) is 0 Å². The third kappa shape index (κ3) is 3.96. The number of anilines is 1. The molecule has 0 radical (unpaired) electrons. The maximum absolute atomic E-state index is 10.6. The third-order valence-electron chi connectivity index (χ3n) is 2.52. The summed E-state index contributed by atoms with van der Waals surface area (Å²) in [6, 6.07) is 13.2. The molecule has 0 unspecified atom stereocenters. The second-order valence-electron chi connectivity index (χ2n) is 3.93. The van der Waals surface area contributed by atoms with Gasteiger partial charge in [-0.1, -0.05) is 42.5 Å². The highest BCUT2D eigenvalue weighted by atomic mass is 16.4. The van der Waals surface area contributed by atoms with Gasteiger partial charge in [0.25, 0.3) is 0 Å². The largest absolute Gasteiger partial charge is 0.477 e. The average molecular weight is 254 g/mol. The third-order valence-corrected chi connectivity index (χ3v) is 2.52. The normalized spacial score (nSPS) is 10.5. The van der Waals surface area contributed by atoms with E-state index in [1.165, 1.54) is 12.3 Å². The van der Waals surface area contributed by atoms with Gasteiger partial charge in [0.1, 0.15) is 5.69 Å². The number of carboxylic acids is 1. The van der Waals surface area contributed by atoms with Gasteiger partial charge < -0.3 is 10.4 Å². The zero-order chi connectivity index (χ0) is 13.5. The highest BCUT2D eigenvalue weighted by molar-refractivity contribution is 5.85. The quantitative estimate of drug-likeness (QED) is 0.861. The predicted octanol–water partition coefficient (Wildman–Crippen LogP) is 2.91. The molecule has 0 aliphatic rings. The van der Waals surface area contributed by atoms with Crippen LogP contribution in [0.1, 0.15) is 16.1 Å². The molecule has 0 saturated heterocycles. The monoisotopic (exact) mass is 254 g/mol. The molecule has 4 heteroatoms. The van der Waals surface area contributed by atoms with Gasteiger partial charge in [-0.2, -0.15) is 0 Å². The second-order valence-corrected chi connectivity index (χ2v) is 3.93. The zero-order valence-corrected chi connectivity index (χ0v) is 10.3. The van der Waals surface area contributed by atoms with Crippen LogP contribution in [0.5, 0.6) is 0 Å². The molecular formula is C15H14N2O2. The van der Waals surface area contributed by atoms with Gasteiger partial charge in [-0.05, 0) is 17.7 Å². The van der Waals surface area contributed by atoms with Gasteiger partial charge in [-0.15, -0.1) is 0 Å². The molecule has 0 aliphatic heterocycles. The number of aromatic nitrogens is 1. The van der Waals surface area contributed by atoms with E-state index in [0.29, 0.717) is 6.54 Å². The standard InChI is InChI=1S/C15H14N2O2/c18-15(19)14-9-8-13(11-17-14)16-10-4-7-12-5-2-1-3-6-12/h1-9,11,16H,10H2,(H,18,19). The number of hydrogen-bond donors (Lipinski definition) is 2. The zero-order valence-electron chi connectivity index (χ0n) is 10.3. The van der Waals surface area contributed by atoms with E-state index in [1.807, 2.05) is 42.5 Å². The molecular weight excluding hydrogens is 240 g/mol. The fraction of sp³-hybridized carbons (Fsp3) is 0.0667. The number of nitrogens with zero attached hydrogens (tertiary/aromatic N) is 1. The van der Waals surface area contributed by atoms with Crippen molar-refractivity contribution in [1.82, 2.24) is 4.98 Å². The Balaban J connectivity index is 1.86. The van der Waals surface area contributed by atoms with Crippen molar-refractivity contribution >= 4 is 17.7 Å². The van der Waals surface area contributed by atoms with E-state index in [9.17, 15) is 4.79 Å². The molecule has 0 atom stereocenters. The second kappa shape index (κ2) is 6.35. The first-order valence-electron chi connectivity index (χ1n) is 5.90. The van der Waals surface area contributed by atoms with Crippen molar-refractivity contribution in [2.45, 2.75) is 0 Å². The van der Waals surface area contributed by atoms with Gasteiger partial charge in [0, 0.05) is 6.54 Å². The van der Waals surface area contributed by atoms with E-state index in [2.05, 4.69) is 10.3 Å². The minimum atomic E-state index is -1.02. The number of benzene rings is 1. The van der Waals surface area contributed by atoms with E-state index < -0.39 is 5.97 Å². The summed E-state index contributed by atoms with van der Waals surface area (Å²) in [6.45, 7) is 0.656. The molecule has 0 fully saturated rings. The lowest BCUT2D eigenvalue weighted by atomic mass is 10.2. The number of pyridine rings is 1. The summed E-state index contributed by atoms with van der Waals surface area (Å²) in [5.41, 5.74) is 1.98. The van der Waals surface area contributed by atoms with Crippen LogP contribution in [-0.4, -0.2) is 22.6 Å². The topological polar surface area (TPSA) is 62.2 Å². The summed E-state index contributed by atoms with van der Waals surface area (Å²) >= 11 is 0. The van der Waals surface area contributed by atoms with Crippen LogP contribution in [0.4, 0.5) is 5.69 Å². The van der Waals surface area contributed by atoms with E-state index in [1.54, 1.807) is 6.07 Å². The lowest BCUT2D eigenvalue weighted by Gasteiger charge is -2.02. The molecule has 0 bridgehead atoms. The van der Waals surface area contributed by atoms with E-state index in [-0.39, 0.29) is 5.69 Å². The fourth-order valence-corrected chi connectivity index (χ4v) is 1.56. The Bertz CT molecular complexity index is 562. The molecule has 19 heavy (non-hydrogen) atoms. The minimum absolute atomic E-state index is 0.0466. The lowest BCUT2D eigenvalue weighted by Crippen LogP contribution is -2.02. The number of carbonyl (C=O) groups is 1. The SMILES string of the molecule is O=C(O)c1ccc(NCC=Cc2ccccc2)cn1. The first kappa shape index (κ1) is 12.8. The van der Waals surface area contributed by atoms with Crippen LogP contribution in [0, 0.1) is 0 Å². The maximum Gasteiger partial charge on any atom is 0.354 e. The molecule has 4 nitrogen and oxygen atoms in total. The van der Waals surface area contributed by atoms with Crippen LogP contribution in [0.25, 0.3) is 6.08 Å². The van der Waals surface area contributed by atoms with E-state index in [0.717, 1.165) is 11.3 Å². The van der Waals surface area contributed by atoms with E-state index >= 15 is 0 Å². The molecule has 0 amide bonds. The van der Waals surface area contributed by atoms with Crippen LogP contribution >= 0.6 is 0 Å². The number of nitrogens with one attached hydrogen (secondary N) is 1. The smallest absolute Gasteiger partial charge is 0.354 e. The van der Waals surface area contributed by atoms with E-state index in [4.69, 9.17) is 5.11 Å². The van der Waals surface area contributed by atoms with Crippen LogP contribution in [0.2, 0.25) is 0 Å². The van der Waals surface area contributed by atoms with Gasteiger partial charge in [0.05, 0.1) is 11.9 Å². The summed E-state index contributed by atoms with van der Waals surface area (Å²) in [5.74, 6) is -1.02. The lowest BCUT2D eigenvalue weighted by molar-refractivity contribution is 0.0690. The van der Waals surface area contributed by atoms with Crippen molar-refractivity contribution in [3.8, 4) is 0 Å². The van der Waals surface area contributed by atoms with Gasteiger partial charge in [0.2, 0.25) is 0 Å². The Morgan fingerprint density at radius 3 is 2.63 bits per heavy atom. The minimum Gasteiger partial charge on any atom is -0.477 e. The Hall–Kier alpha value is -2.62. The highest BCUT2D eigenvalue weighted by Crippen LogP contribution is 2.06. The summed E-state index contributed by atoms with van der Waals surface area (Å²) < 4.78 is 0. The number of carboxylic acid groups (broad SMARTS) is 1. The molecule has 2 rings (SSSR count). The van der Waals surface area contributed by atoms with Crippen molar-refractivity contribution in [3.05, 3.63) is 66.0 Å². The fourth-order valence-electron chi connectivity index (χ4n) is 1.56. The molecule has 2 N–H and O–H groups in total. The van der Waals surface area contributed by atoms with Crippen LogP contribution < -0.4 is 5.32 Å². The van der Waals surface area contributed by atoms with Gasteiger partial charge in [-0.25, -0.2) is 9.78 Å². The maximum atomic E-state index is 10.6. The van der Waals surface area contributed by atoms with Crippen molar-refractivity contribution in [1.29, 1.82) is 0 Å². The molecule has 0 saturated carbocycles. The van der Waals surface area contributed by atoms with Gasteiger partial charge >= 0.3 is 5.97 Å². The van der Waals surface area contributed by atoms with Gasteiger partial charge in [-0.3, -0.25) is 0 Å². The number of rotatable bonds is 5. The predicted molar refractivity (Wildman–Crippen MR) is 75.2 cm³/mol. The van der Waals surface area contributed by atoms with Crippen LogP contribution in [-0.2, 0) is 0 Å². The summed E-state index contributed by atoms with van der Waals surface area (Å²) in [5, 5.41) is 11.9. The molecule has 2 aromatic rings. The van der Waals surface area contributed by atoms with Crippen molar-refractivity contribution in [2.75, 3.05) is 11.9 Å².